The lowest BCUT2D eigenvalue weighted by Gasteiger charge is -1.98. The van der Waals surface area contributed by atoms with Gasteiger partial charge in [0.05, 0.1) is 6.67 Å². The minimum atomic E-state index is -0.167. The fourth-order valence-corrected chi connectivity index (χ4v) is 1.69. The first kappa shape index (κ1) is 11.3. The molecule has 0 spiro atoms. The molecule has 68 valence electrons. The highest BCUT2D eigenvalue weighted by molar-refractivity contribution is 7.99. The van der Waals surface area contributed by atoms with Crippen molar-refractivity contribution in [3.8, 4) is 0 Å². The third kappa shape index (κ3) is 10.3. The third-order valence-corrected chi connectivity index (χ3v) is 2.63. The molecule has 0 saturated carbocycles. The SMILES string of the molecule is CCCCCCCSCCF. The quantitative estimate of drug-likeness (QED) is 0.511. The maximum Gasteiger partial charge on any atom is 0.0984 e. The average molecular weight is 178 g/mol. The largest absolute Gasteiger partial charge is 0.250 e. The summed E-state index contributed by atoms with van der Waals surface area (Å²) in [6, 6.07) is 0. The fourth-order valence-electron chi connectivity index (χ4n) is 0.964. The van der Waals surface area contributed by atoms with Crippen molar-refractivity contribution in [2.75, 3.05) is 18.2 Å². The van der Waals surface area contributed by atoms with Crippen molar-refractivity contribution < 1.29 is 4.39 Å². The Morgan fingerprint density at radius 3 is 2.36 bits per heavy atom. The zero-order valence-electron chi connectivity index (χ0n) is 7.44. The summed E-state index contributed by atoms with van der Waals surface area (Å²) in [5.41, 5.74) is 0. The van der Waals surface area contributed by atoms with Crippen molar-refractivity contribution in [1.82, 2.24) is 0 Å². The molecule has 0 aromatic carbocycles. The van der Waals surface area contributed by atoms with Gasteiger partial charge < -0.3 is 0 Å². The highest BCUT2D eigenvalue weighted by Crippen LogP contribution is 2.08. The normalized spacial score (nSPS) is 10.4. The monoisotopic (exact) mass is 178 g/mol. The Hall–Kier alpha value is 0.280. The van der Waals surface area contributed by atoms with Crippen molar-refractivity contribution in [1.29, 1.82) is 0 Å². The van der Waals surface area contributed by atoms with E-state index in [1.165, 1.54) is 32.1 Å². The van der Waals surface area contributed by atoms with Crippen LogP contribution in [0, 0.1) is 0 Å². The van der Waals surface area contributed by atoms with E-state index in [1.807, 2.05) is 0 Å². The highest BCUT2D eigenvalue weighted by atomic mass is 32.2. The summed E-state index contributed by atoms with van der Waals surface area (Å²) in [6.45, 7) is 2.05. The number of rotatable bonds is 8. The van der Waals surface area contributed by atoms with Crippen LogP contribution >= 0.6 is 11.8 Å². The summed E-state index contributed by atoms with van der Waals surface area (Å²) in [5.74, 6) is 1.83. The van der Waals surface area contributed by atoms with Gasteiger partial charge in [-0.05, 0) is 12.2 Å². The van der Waals surface area contributed by atoms with E-state index in [0.717, 1.165) is 5.75 Å². The first-order chi connectivity index (χ1) is 5.41. The summed E-state index contributed by atoms with van der Waals surface area (Å²) in [7, 11) is 0. The van der Waals surface area contributed by atoms with Crippen LogP contribution in [0.3, 0.4) is 0 Å². The van der Waals surface area contributed by atoms with Gasteiger partial charge in [0, 0.05) is 5.75 Å². The molecule has 0 aromatic rings. The zero-order valence-corrected chi connectivity index (χ0v) is 8.26. The highest BCUT2D eigenvalue weighted by Gasteiger charge is 1.89. The molecule has 0 N–H and O–H groups in total. The number of thioether (sulfide) groups is 1. The molecule has 0 aromatic heterocycles. The van der Waals surface area contributed by atoms with E-state index >= 15 is 0 Å². The molecule has 0 unspecified atom stereocenters. The van der Waals surface area contributed by atoms with Crippen LogP contribution in [0.15, 0.2) is 0 Å². The number of unbranched alkanes of at least 4 members (excludes halogenated alkanes) is 4. The molecular formula is C9H19FS. The van der Waals surface area contributed by atoms with Gasteiger partial charge in [-0.1, -0.05) is 32.6 Å². The van der Waals surface area contributed by atoms with Crippen molar-refractivity contribution in [3.63, 3.8) is 0 Å². The average Bonchev–Trinajstić information content (AvgIpc) is 2.03. The Kier molecular flexibility index (Phi) is 10.5. The van der Waals surface area contributed by atoms with E-state index in [2.05, 4.69) is 6.92 Å². The smallest absolute Gasteiger partial charge is 0.0984 e. The maximum atomic E-state index is 11.6. The van der Waals surface area contributed by atoms with Crippen LogP contribution in [-0.2, 0) is 0 Å². The first-order valence-corrected chi connectivity index (χ1v) is 5.71. The third-order valence-electron chi connectivity index (χ3n) is 1.61. The lowest BCUT2D eigenvalue weighted by molar-refractivity contribution is 0.532. The van der Waals surface area contributed by atoms with E-state index in [-0.39, 0.29) is 6.67 Å². The van der Waals surface area contributed by atoms with E-state index in [0.29, 0.717) is 5.75 Å². The van der Waals surface area contributed by atoms with E-state index in [4.69, 9.17) is 0 Å². The molecule has 0 heterocycles. The van der Waals surface area contributed by atoms with Crippen LogP contribution in [-0.4, -0.2) is 18.2 Å². The Morgan fingerprint density at radius 2 is 1.73 bits per heavy atom. The van der Waals surface area contributed by atoms with E-state index in [9.17, 15) is 4.39 Å². The molecule has 0 fully saturated rings. The predicted octanol–water partition coefficient (Wildman–Crippen LogP) is 3.66. The van der Waals surface area contributed by atoms with Crippen LogP contribution in [0.1, 0.15) is 39.0 Å². The van der Waals surface area contributed by atoms with Gasteiger partial charge in [-0.25, -0.2) is 0 Å². The van der Waals surface area contributed by atoms with Crippen LogP contribution in [0.2, 0.25) is 0 Å². The van der Waals surface area contributed by atoms with Gasteiger partial charge in [0.25, 0.3) is 0 Å². The van der Waals surface area contributed by atoms with Crippen molar-refractivity contribution in [2.45, 2.75) is 39.0 Å². The van der Waals surface area contributed by atoms with E-state index in [1.54, 1.807) is 11.8 Å². The number of halogens is 1. The summed E-state index contributed by atoms with van der Waals surface area (Å²) in [4.78, 5) is 0. The van der Waals surface area contributed by atoms with Crippen LogP contribution in [0.4, 0.5) is 4.39 Å². The lowest BCUT2D eigenvalue weighted by atomic mass is 10.2. The van der Waals surface area contributed by atoms with Gasteiger partial charge in [0.1, 0.15) is 0 Å². The second-order valence-corrected chi connectivity index (χ2v) is 3.94. The molecule has 0 radical (unpaired) electrons. The van der Waals surface area contributed by atoms with Gasteiger partial charge in [0.15, 0.2) is 0 Å². The summed E-state index contributed by atoms with van der Waals surface area (Å²) >= 11 is 1.74. The van der Waals surface area contributed by atoms with Crippen LogP contribution < -0.4 is 0 Å². The number of alkyl halides is 1. The van der Waals surface area contributed by atoms with Gasteiger partial charge in [-0.2, -0.15) is 11.8 Å². The molecule has 0 bridgehead atoms. The van der Waals surface area contributed by atoms with Gasteiger partial charge in [0.2, 0.25) is 0 Å². The number of hydrogen-bond acceptors (Lipinski definition) is 1. The molecule has 0 aliphatic rings. The molecule has 0 nitrogen and oxygen atoms in total. The Balaban J connectivity index is 2.69. The molecule has 0 aliphatic carbocycles. The van der Waals surface area contributed by atoms with Gasteiger partial charge >= 0.3 is 0 Å². The molecule has 0 rings (SSSR count). The predicted molar refractivity (Wildman–Crippen MR) is 52.1 cm³/mol. The Bertz CT molecular complexity index is 58.6. The second kappa shape index (κ2) is 10.3. The zero-order chi connectivity index (χ0) is 8.36. The van der Waals surface area contributed by atoms with Crippen molar-refractivity contribution >= 4 is 11.8 Å². The minimum Gasteiger partial charge on any atom is -0.250 e. The fraction of sp³-hybridized carbons (Fsp3) is 1.00. The van der Waals surface area contributed by atoms with Crippen molar-refractivity contribution in [3.05, 3.63) is 0 Å². The molecule has 0 amide bonds. The lowest BCUT2D eigenvalue weighted by Crippen LogP contribution is -1.85. The van der Waals surface area contributed by atoms with Crippen LogP contribution in [0.25, 0.3) is 0 Å². The molecule has 0 saturated heterocycles. The van der Waals surface area contributed by atoms with Gasteiger partial charge in [-0.15, -0.1) is 0 Å². The second-order valence-electron chi connectivity index (χ2n) is 2.72. The Labute approximate surface area is 73.9 Å². The molecule has 11 heavy (non-hydrogen) atoms. The minimum absolute atomic E-state index is 0.167. The summed E-state index contributed by atoms with van der Waals surface area (Å²) in [5, 5.41) is 0. The molecule has 2 heteroatoms. The summed E-state index contributed by atoms with van der Waals surface area (Å²) in [6.07, 6.45) is 6.61. The van der Waals surface area contributed by atoms with E-state index < -0.39 is 0 Å². The molecule has 0 aliphatic heterocycles. The number of hydrogen-bond donors (Lipinski definition) is 0. The maximum absolute atomic E-state index is 11.6. The Morgan fingerprint density at radius 1 is 1.00 bits per heavy atom. The van der Waals surface area contributed by atoms with Crippen LogP contribution in [0.5, 0.6) is 0 Å². The molecular weight excluding hydrogens is 159 g/mol. The van der Waals surface area contributed by atoms with Crippen molar-refractivity contribution in [2.24, 2.45) is 0 Å². The van der Waals surface area contributed by atoms with Gasteiger partial charge in [-0.3, -0.25) is 4.39 Å². The summed E-state index contributed by atoms with van der Waals surface area (Å²) < 4.78 is 11.6. The molecule has 0 atom stereocenters. The topological polar surface area (TPSA) is 0 Å². The standard InChI is InChI=1S/C9H19FS/c1-2-3-4-5-6-8-11-9-7-10/h2-9H2,1H3. The first-order valence-electron chi connectivity index (χ1n) is 4.55.